The highest BCUT2D eigenvalue weighted by Gasteiger charge is 2.12. The first kappa shape index (κ1) is 13.6. The molecule has 1 fully saturated rings. The molecule has 0 aromatic carbocycles. The highest BCUT2D eigenvalue weighted by molar-refractivity contribution is 7.12. The molecule has 3 nitrogen and oxygen atoms in total. The van der Waals surface area contributed by atoms with Crippen LogP contribution in [0.15, 0.2) is 12.1 Å². The molecule has 1 aromatic heterocycles. The lowest BCUT2D eigenvalue weighted by molar-refractivity contribution is 0.271. The largest absolute Gasteiger partial charge is 0.384 e. The van der Waals surface area contributed by atoms with Gasteiger partial charge in [0, 0.05) is 24.5 Å². The third-order valence-corrected chi connectivity index (χ3v) is 4.13. The fourth-order valence-electron chi connectivity index (χ4n) is 2.14. The van der Waals surface area contributed by atoms with E-state index in [4.69, 9.17) is 5.11 Å². The van der Waals surface area contributed by atoms with Crippen LogP contribution in [0.1, 0.15) is 16.2 Å². The van der Waals surface area contributed by atoms with Gasteiger partial charge in [-0.1, -0.05) is 11.8 Å². The van der Waals surface area contributed by atoms with Gasteiger partial charge in [-0.3, -0.25) is 4.90 Å². The Hall–Kier alpha value is -0.860. The van der Waals surface area contributed by atoms with Crippen LogP contribution in [0.4, 0.5) is 0 Å². The van der Waals surface area contributed by atoms with Crippen LogP contribution in [0.3, 0.4) is 0 Å². The van der Waals surface area contributed by atoms with Gasteiger partial charge in [0.15, 0.2) is 0 Å². The van der Waals surface area contributed by atoms with E-state index in [0.717, 1.165) is 24.5 Å². The topological polar surface area (TPSA) is 26.7 Å². The zero-order chi connectivity index (χ0) is 12.8. The smallest absolute Gasteiger partial charge is 0.104 e. The normalized spacial score (nSPS) is 18.1. The second kappa shape index (κ2) is 6.91. The highest BCUT2D eigenvalue weighted by atomic mass is 32.1. The number of rotatable bonds is 2. The molecule has 4 heteroatoms. The number of hydrogen-bond acceptors (Lipinski definition) is 4. The minimum atomic E-state index is -0.0638. The molecular formula is C14H20N2OS. The Morgan fingerprint density at radius 2 is 2.17 bits per heavy atom. The molecule has 1 aromatic rings. The molecule has 0 aliphatic carbocycles. The molecule has 0 atom stereocenters. The molecule has 18 heavy (non-hydrogen) atoms. The molecule has 0 amide bonds. The summed E-state index contributed by atoms with van der Waals surface area (Å²) in [6.45, 7) is 5.65. The lowest BCUT2D eigenvalue weighted by Crippen LogP contribution is -2.28. The Bertz CT molecular complexity index is 432. The van der Waals surface area contributed by atoms with Crippen molar-refractivity contribution < 1.29 is 5.11 Å². The van der Waals surface area contributed by atoms with Gasteiger partial charge in [0.1, 0.15) is 6.61 Å². The summed E-state index contributed by atoms with van der Waals surface area (Å²) in [6, 6.07) is 4.20. The Kier molecular flexibility index (Phi) is 5.21. The van der Waals surface area contributed by atoms with Gasteiger partial charge in [0.05, 0.1) is 4.88 Å². The molecule has 0 spiro atoms. The van der Waals surface area contributed by atoms with Crippen LogP contribution in [0.2, 0.25) is 0 Å². The molecule has 0 unspecified atom stereocenters. The molecule has 2 rings (SSSR count). The summed E-state index contributed by atoms with van der Waals surface area (Å²) in [6.07, 6.45) is 1.25. The van der Waals surface area contributed by atoms with E-state index >= 15 is 0 Å². The monoisotopic (exact) mass is 264 g/mol. The number of aliphatic hydroxyl groups excluding tert-OH is 1. The molecule has 1 N–H and O–H groups in total. The molecule has 2 heterocycles. The second-order valence-corrected chi connectivity index (χ2v) is 5.83. The molecule has 0 saturated carbocycles. The fourth-order valence-corrected chi connectivity index (χ4v) is 3.06. The van der Waals surface area contributed by atoms with Crippen LogP contribution < -0.4 is 0 Å². The van der Waals surface area contributed by atoms with E-state index in [1.165, 1.54) is 24.4 Å². The summed E-state index contributed by atoms with van der Waals surface area (Å²) in [4.78, 5) is 7.32. The van der Waals surface area contributed by atoms with Crippen LogP contribution >= 0.6 is 11.3 Å². The zero-order valence-corrected chi connectivity index (χ0v) is 11.7. The van der Waals surface area contributed by atoms with Crippen LogP contribution in [0, 0.1) is 11.8 Å². The van der Waals surface area contributed by atoms with E-state index in [-0.39, 0.29) is 6.61 Å². The van der Waals surface area contributed by atoms with Crippen molar-refractivity contribution in [3.05, 3.63) is 21.9 Å². The summed E-state index contributed by atoms with van der Waals surface area (Å²) in [5, 5.41) is 8.67. The van der Waals surface area contributed by atoms with Gasteiger partial charge in [0.2, 0.25) is 0 Å². The first-order valence-electron chi connectivity index (χ1n) is 6.37. The lowest BCUT2D eigenvalue weighted by atomic mass is 10.3. The third-order valence-electron chi connectivity index (χ3n) is 3.14. The van der Waals surface area contributed by atoms with Crippen molar-refractivity contribution in [2.75, 3.05) is 39.8 Å². The van der Waals surface area contributed by atoms with Crippen LogP contribution in [-0.2, 0) is 6.54 Å². The molecule has 1 saturated heterocycles. The number of nitrogens with zero attached hydrogens (tertiary/aromatic N) is 2. The van der Waals surface area contributed by atoms with Crippen molar-refractivity contribution in [1.82, 2.24) is 9.80 Å². The van der Waals surface area contributed by atoms with E-state index in [2.05, 4.69) is 34.8 Å². The van der Waals surface area contributed by atoms with E-state index < -0.39 is 0 Å². The molecule has 0 radical (unpaired) electrons. The van der Waals surface area contributed by atoms with Crippen molar-refractivity contribution in [1.29, 1.82) is 0 Å². The van der Waals surface area contributed by atoms with Crippen LogP contribution in [-0.4, -0.2) is 54.7 Å². The zero-order valence-electron chi connectivity index (χ0n) is 10.9. The van der Waals surface area contributed by atoms with Crippen LogP contribution in [0.5, 0.6) is 0 Å². The Morgan fingerprint density at radius 1 is 1.28 bits per heavy atom. The minimum absolute atomic E-state index is 0.0638. The summed E-state index contributed by atoms with van der Waals surface area (Å²) >= 11 is 1.73. The van der Waals surface area contributed by atoms with Gasteiger partial charge < -0.3 is 10.0 Å². The minimum Gasteiger partial charge on any atom is -0.384 e. The summed E-state index contributed by atoms with van der Waals surface area (Å²) < 4.78 is 0. The van der Waals surface area contributed by atoms with Crippen molar-refractivity contribution in [2.45, 2.75) is 13.0 Å². The molecular weight excluding hydrogens is 244 g/mol. The number of hydrogen-bond donors (Lipinski definition) is 1. The van der Waals surface area contributed by atoms with Crippen molar-refractivity contribution >= 4 is 11.3 Å². The van der Waals surface area contributed by atoms with Gasteiger partial charge in [-0.25, -0.2) is 0 Å². The predicted octanol–water partition coefficient (Wildman–Crippen LogP) is 1.23. The molecule has 0 bridgehead atoms. The predicted molar refractivity (Wildman–Crippen MR) is 75.7 cm³/mol. The lowest BCUT2D eigenvalue weighted by Gasteiger charge is -2.18. The van der Waals surface area contributed by atoms with E-state index in [1.807, 2.05) is 6.07 Å². The number of likely N-dealkylation sites (N-methyl/N-ethyl adjacent to an activating group) is 1. The maximum Gasteiger partial charge on any atom is 0.104 e. The number of aliphatic hydroxyl groups is 1. The van der Waals surface area contributed by atoms with Gasteiger partial charge in [0.25, 0.3) is 0 Å². The Morgan fingerprint density at radius 3 is 3.00 bits per heavy atom. The highest BCUT2D eigenvalue weighted by Crippen LogP contribution is 2.18. The average molecular weight is 264 g/mol. The summed E-state index contributed by atoms with van der Waals surface area (Å²) in [5.74, 6) is 5.66. The van der Waals surface area contributed by atoms with E-state index in [9.17, 15) is 0 Å². The van der Waals surface area contributed by atoms with Gasteiger partial charge >= 0.3 is 0 Å². The number of thiophene rings is 1. The van der Waals surface area contributed by atoms with Gasteiger partial charge in [-0.05, 0) is 38.7 Å². The molecule has 98 valence electrons. The molecule has 1 aliphatic rings. The molecule has 1 aliphatic heterocycles. The Balaban J connectivity index is 1.90. The maximum absolute atomic E-state index is 8.67. The van der Waals surface area contributed by atoms with E-state index in [0.29, 0.717) is 0 Å². The van der Waals surface area contributed by atoms with Crippen LogP contribution in [0.25, 0.3) is 0 Å². The SMILES string of the molecule is CN1CCCN(Cc2ccc(C#CCO)s2)CC1. The van der Waals surface area contributed by atoms with Gasteiger partial charge in [-0.15, -0.1) is 11.3 Å². The first-order valence-corrected chi connectivity index (χ1v) is 7.19. The maximum atomic E-state index is 8.67. The Labute approximate surface area is 113 Å². The summed E-state index contributed by atoms with van der Waals surface area (Å²) in [7, 11) is 2.19. The fraction of sp³-hybridized carbons (Fsp3) is 0.571. The average Bonchev–Trinajstić information content (AvgIpc) is 2.70. The van der Waals surface area contributed by atoms with Crippen molar-refractivity contribution in [3.8, 4) is 11.8 Å². The standard InChI is InChI=1S/C14H20N2OS/c1-15-7-3-8-16(10-9-15)12-14-6-5-13(18-14)4-2-11-17/h5-6,17H,3,7-12H2,1H3. The first-order chi connectivity index (χ1) is 8.78. The van der Waals surface area contributed by atoms with E-state index in [1.54, 1.807) is 11.3 Å². The third kappa shape index (κ3) is 4.11. The second-order valence-electron chi connectivity index (χ2n) is 4.66. The van der Waals surface area contributed by atoms with Crippen molar-refractivity contribution in [2.24, 2.45) is 0 Å². The summed E-state index contributed by atoms with van der Waals surface area (Å²) in [5.41, 5.74) is 0. The van der Waals surface area contributed by atoms with Gasteiger partial charge in [-0.2, -0.15) is 0 Å². The quantitative estimate of drug-likeness (QED) is 0.814. The van der Waals surface area contributed by atoms with Crippen molar-refractivity contribution in [3.63, 3.8) is 0 Å².